The van der Waals surface area contributed by atoms with E-state index in [1.54, 1.807) is 0 Å². The Morgan fingerprint density at radius 3 is 2.24 bits per heavy atom. The first-order valence-electron chi connectivity index (χ1n) is 5.20. The lowest BCUT2D eigenvalue weighted by atomic mass is 9.97. The van der Waals surface area contributed by atoms with Gasteiger partial charge in [-0.3, -0.25) is 0 Å². The molecule has 0 aliphatic rings. The van der Waals surface area contributed by atoms with E-state index in [1.165, 1.54) is 6.07 Å². The molecule has 1 rings (SSSR count). The highest BCUT2D eigenvalue weighted by Crippen LogP contribution is 2.29. The lowest BCUT2D eigenvalue weighted by Crippen LogP contribution is -2.47. The molecular formula is C11H16F3N3. The van der Waals surface area contributed by atoms with Crippen molar-refractivity contribution in [3.63, 3.8) is 0 Å². The summed E-state index contributed by atoms with van der Waals surface area (Å²) in [7, 11) is 0. The second-order valence-electron chi connectivity index (χ2n) is 4.57. The molecule has 3 N–H and O–H groups in total. The van der Waals surface area contributed by atoms with Crippen molar-refractivity contribution in [2.24, 2.45) is 5.73 Å². The summed E-state index contributed by atoms with van der Waals surface area (Å²) < 4.78 is 36.9. The Balaban J connectivity index is 2.83. The molecule has 0 aromatic carbocycles. The van der Waals surface area contributed by atoms with Crippen molar-refractivity contribution in [2.75, 3.05) is 5.32 Å². The van der Waals surface area contributed by atoms with Crippen LogP contribution in [0.2, 0.25) is 0 Å². The van der Waals surface area contributed by atoms with E-state index in [1.807, 2.05) is 20.8 Å². The maximum Gasteiger partial charge on any atom is 0.417 e. The van der Waals surface area contributed by atoms with Crippen LogP contribution in [0.1, 0.15) is 26.3 Å². The third kappa shape index (κ3) is 3.59. The predicted octanol–water partition coefficient (Wildman–Crippen LogP) is 2.64. The van der Waals surface area contributed by atoms with E-state index in [4.69, 9.17) is 5.73 Å². The number of pyridine rings is 1. The largest absolute Gasteiger partial charge is 0.417 e. The Morgan fingerprint density at radius 2 is 1.88 bits per heavy atom. The Morgan fingerprint density at radius 1 is 1.29 bits per heavy atom. The highest BCUT2D eigenvalue weighted by atomic mass is 19.4. The van der Waals surface area contributed by atoms with Crippen LogP contribution in [0.15, 0.2) is 18.3 Å². The summed E-state index contributed by atoms with van der Waals surface area (Å²) in [5, 5.41) is 2.99. The first-order chi connectivity index (χ1) is 7.63. The molecule has 3 nitrogen and oxygen atoms in total. The number of nitrogens with zero attached hydrogens (tertiary/aromatic N) is 1. The lowest BCUT2D eigenvalue weighted by molar-refractivity contribution is -0.137. The van der Waals surface area contributed by atoms with E-state index in [-0.39, 0.29) is 6.04 Å². The fraction of sp³-hybridized carbons (Fsp3) is 0.545. The van der Waals surface area contributed by atoms with E-state index < -0.39 is 17.3 Å². The van der Waals surface area contributed by atoms with Gasteiger partial charge in [-0.25, -0.2) is 4.98 Å². The monoisotopic (exact) mass is 247 g/mol. The quantitative estimate of drug-likeness (QED) is 0.863. The smallest absolute Gasteiger partial charge is 0.364 e. The average Bonchev–Trinajstić information content (AvgIpc) is 2.16. The number of anilines is 1. The van der Waals surface area contributed by atoms with Gasteiger partial charge in [-0.1, -0.05) is 0 Å². The first kappa shape index (κ1) is 13.8. The maximum atomic E-state index is 12.3. The third-order valence-electron chi connectivity index (χ3n) is 2.68. The summed E-state index contributed by atoms with van der Waals surface area (Å²) >= 11 is 0. The minimum Gasteiger partial charge on any atom is -0.364 e. The molecule has 1 aromatic rings. The predicted molar refractivity (Wildman–Crippen MR) is 60.6 cm³/mol. The van der Waals surface area contributed by atoms with Gasteiger partial charge in [0.1, 0.15) is 5.82 Å². The molecule has 1 aromatic heterocycles. The van der Waals surface area contributed by atoms with Gasteiger partial charge in [0.2, 0.25) is 0 Å². The van der Waals surface area contributed by atoms with E-state index in [0.717, 1.165) is 12.3 Å². The number of halogens is 3. The summed E-state index contributed by atoms with van der Waals surface area (Å²) in [5.74, 6) is 0.375. The normalized spacial score (nSPS) is 14.5. The molecule has 1 atom stereocenters. The van der Waals surface area contributed by atoms with Crippen LogP contribution in [0.25, 0.3) is 0 Å². The van der Waals surface area contributed by atoms with Crippen molar-refractivity contribution in [3.05, 3.63) is 23.9 Å². The summed E-state index contributed by atoms with van der Waals surface area (Å²) in [6.45, 7) is 5.53. The van der Waals surface area contributed by atoms with Crippen molar-refractivity contribution in [1.29, 1.82) is 0 Å². The van der Waals surface area contributed by atoms with E-state index in [0.29, 0.717) is 5.82 Å². The van der Waals surface area contributed by atoms with E-state index >= 15 is 0 Å². The Bertz CT molecular complexity index is 369. The minimum atomic E-state index is -4.36. The van der Waals surface area contributed by atoms with Gasteiger partial charge in [0.15, 0.2) is 0 Å². The molecule has 0 bridgehead atoms. The molecule has 0 saturated carbocycles. The topological polar surface area (TPSA) is 50.9 Å². The van der Waals surface area contributed by atoms with Gasteiger partial charge in [0.05, 0.1) is 5.56 Å². The Kier molecular flexibility index (Phi) is 3.66. The highest BCUT2D eigenvalue weighted by molar-refractivity contribution is 5.39. The molecular weight excluding hydrogens is 231 g/mol. The molecule has 6 heteroatoms. The molecule has 0 spiro atoms. The second-order valence-corrected chi connectivity index (χ2v) is 4.57. The number of aromatic nitrogens is 1. The van der Waals surface area contributed by atoms with Crippen molar-refractivity contribution in [1.82, 2.24) is 4.98 Å². The number of hydrogen-bond acceptors (Lipinski definition) is 3. The number of rotatable bonds is 3. The molecule has 0 aliphatic heterocycles. The lowest BCUT2D eigenvalue weighted by Gasteiger charge is -2.30. The fourth-order valence-corrected chi connectivity index (χ4v) is 1.08. The van der Waals surface area contributed by atoms with Gasteiger partial charge in [0, 0.05) is 17.8 Å². The molecule has 0 radical (unpaired) electrons. The number of nitrogens with one attached hydrogen (secondary N) is 1. The van der Waals surface area contributed by atoms with Crippen molar-refractivity contribution in [3.8, 4) is 0 Å². The van der Waals surface area contributed by atoms with Gasteiger partial charge in [-0.2, -0.15) is 13.2 Å². The SMILES string of the molecule is CC(N)C(C)(C)Nc1ccc(C(F)(F)F)cn1. The van der Waals surface area contributed by atoms with Crippen molar-refractivity contribution in [2.45, 2.75) is 38.5 Å². The number of hydrogen-bond donors (Lipinski definition) is 2. The maximum absolute atomic E-state index is 12.3. The zero-order valence-electron chi connectivity index (χ0n) is 9.97. The average molecular weight is 247 g/mol. The number of alkyl halides is 3. The molecule has 0 saturated heterocycles. The van der Waals surface area contributed by atoms with Crippen LogP contribution in [0.4, 0.5) is 19.0 Å². The molecule has 0 aliphatic carbocycles. The van der Waals surface area contributed by atoms with Crippen molar-refractivity contribution < 1.29 is 13.2 Å². The fourth-order valence-electron chi connectivity index (χ4n) is 1.08. The molecule has 96 valence electrons. The van der Waals surface area contributed by atoms with Crippen molar-refractivity contribution >= 4 is 5.82 Å². The zero-order valence-corrected chi connectivity index (χ0v) is 9.97. The van der Waals surface area contributed by atoms with Gasteiger partial charge >= 0.3 is 6.18 Å². The van der Waals surface area contributed by atoms with Crippen LogP contribution < -0.4 is 11.1 Å². The van der Waals surface area contributed by atoms with Crippen LogP contribution in [0, 0.1) is 0 Å². The molecule has 0 amide bonds. The van der Waals surface area contributed by atoms with Gasteiger partial charge in [0.25, 0.3) is 0 Å². The molecule has 0 fully saturated rings. The van der Waals surface area contributed by atoms with E-state index in [2.05, 4.69) is 10.3 Å². The van der Waals surface area contributed by atoms with Crippen LogP contribution in [-0.2, 0) is 6.18 Å². The van der Waals surface area contributed by atoms with E-state index in [9.17, 15) is 13.2 Å². The summed E-state index contributed by atoms with van der Waals surface area (Å²) in [6.07, 6.45) is -3.55. The second kappa shape index (κ2) is 4.52. The van der Waals surface area contributed by atoms with Crippen LogP contribution in [0.5, 0.6) is 0 Å². The van der Waals surface area contributed by atoms with Crippen LogP contribution in [-0.4, -0.2) is 16.6 Å². The summed E-state index contributed by atoms with van der Waals surface area (Å²) in [6, 6.07) is 2.13. The van der Waals surface area contributed by atoms with Gasteiger partial charge < -0.3 is 11.1 Å². The third-order valence-corrected chi connectivity index (χ3v) is 2.68. The number of nitrogens with two attached hydrogens (primary N) is 1. The van der Waals surface area contributed by atoms with Crippen LogP contribution >= 0.6 is 0 Å². The van der Waals surface area contributed by atoms with Crippen LogP contribution in [0.3, 0.4) is 0 Å². The summed E-state index contributed by atoms with van der Waals surface area (Å²) in [5.41, 5.74) is 4.55. The zero-order chi connectivity index (χ0) is 13.3. The minimum absolute atomic E-state index is 0.161. The Labute approximate surface area is 98.2 Å². The summed E-state index contributed by atoms with van der Waals surface area (Å²) in [4.78, 5) is 3.73. The highest BCUT2D eigenvalue weighted by Gasteiger charge is 2.31. The standard InChI is InChI=1S/C11H16F3N3/c1-7(15)10(2,3)17-9-5-4-8(6-16-9)11(12,13)14/h4-7H,15H2,1-3H3,(H,16,17). The molecule has 1 unspecified atom stereocenters. The molecule has 1 heterocycles. The van der Waals surface area contributed by atoms with Gasteiger partial charge in [-0.05, 0) is 32.9 Å². The molecule has 17 heavy (non-hydrogen) atoms. The van der Waals surface area contributed by atoms with Gasteiger partial charge in [-0.15, -0.1) is 0 Å². The first-order valence-corrected chi connectivity index (χ1v) is 5.20. The Hall–Kier alpha value is -1.30.